The van der Waals surface area contributed by atoms with Gasteiger partial charge in [-0.15, -0.1) is 0 Å². The van der Waals surface area contributed by atoms with Crippen LogP contribution in [0.4, 0.5) is 22.8 Å². The number of halogens is 3. The van der Waals surface area contributed by atoms with Gasteiger partial charge in [0, 0.05) is 43.7 Å². The lowest BCUT2D eigenvalue weighted by atomic mass is 10.0. The first-order chi connectivity index (χ1) is 27.5. The molecule has 2 saturated heterocycles. The number of likely N-dealkylation sites (N-methyl/N-ethyl adjacent to an activating group) is 1. The van der Waals surface area contributed by atoms with Crippen LogP contribution < -0.4 is 5.32 Å². The zero-order valence-electron chi connectivity index (χ0n) is 33.0. The van der Waals surface area contributed by atoms with E-state index in [1.54, 1.807) is 74.1 Å². The number of benzene rings is 1. The number of nitrogens with zero attached hydrogens (tertiary/aromatic N) is 8. The van der Waals surface area contributed by atoms with Crippen molar-refractivity contribution >= 4 is 24.0 Å². The van der Waals surface area contributed by atoms with Crippen molar-refractivity contribution in [1.29, 1.82) is 0 Å². The molecule has 4 amide bonds. The molecule has 19 heteroatoms. The number of carbonyl (C=O) groups is 4. The predicted octanol–water partition coefficient (Wildman–Crippen LogP) is 6.08. The fraction of sp³-hybridized carbons (Fsp3) is 0.487. The summed E-state index contributed by atoms with van der Waals surface area (Å²) in [7, 11) is 2.57. The maximum Gasteiger partial charge on any atom is 0.435 e. The molecule has 2 aliphatic heterocycles. The molecule has 16 nitrogen and oxygen atoms in total. The number of carboxylic acid groups (broad SMARTS) is 1. The number of aromatic amines is 1. The minimum Gasteiger partial charge on any atom is -0.465 e. The molecule has 0 spiro atoms. The molecule has 5 heterocycles. The van der Waals surface area contributed by atoms with E-state index in [1.807, 2.05) is 0 Å². The Morgan fingerprint density at radius 1 is 0.914 bits per heavy atom. The predicted molar refractivity (Wildman–Crippen MR) is 203 cm³/mol. The van der Waals surface area contributed by atoms with Crippen LogP contribution in [0.15, 0.2) is 49.1 Å². The number of hydrogen-bond acceptors (Lipinski definition) is 9. The number of nitrogens with one attached hydrogen (secondary N) is 2. The van der Waals surface area contributed by atoms with Crippen LogP contribution in [-0.2, 0) is 20.5 Å². The van der Waals surface area contributed by atoms with Crippen LogP contribution in [0.2, 0.25) is 0 Å². The Kier molecular flexibility index (Phi) is 12.1. The van der Waals surface area contributed by atoms with Gasteiger partial charge in [0.05, 0.1) is 43.0 Å². The number of rotatable bonds is 11. The monoisotopic (exact) mass is 808 g/mol. The lowest BCUT2D eigenvalue weighted by molar-refractivity contribution is -0.140. The molecule has 4 aromatic rings. The van der Waals surface area contributed by atoms with Gasteiger partial charge in [-0.25, -0.2) is 29.5 Å². The molecule has 0 unspecified atom stereocenters. The van der Waals surface area contributed by atoms with Gasteiger partial charge < -0.3 is 29.9 Å². The molecule has 3 N–H and O–H groups in total. The number of ether oxygens (including phenoxy) is 1. The molecule has 0 bridgehead atoms. The second-order valence-electron chi connectivity index (χ2n) is 15.2. The number of carbonyl (C=O) groups excluding carboxylic acids is 3. The molecule has 310 valence electrons. The molecule has 0 aliphatic carbocycles. The summed E-state index contributed by atoms with van der Waals surface area (Å²) >= 11 is 0. The Morgan fingerprint density at radius 3 is 2.09 bits per heavy atom. The second-order valence-corrected chi connectivity index (χ2v) is 15.2. The van der Waals surface area contributed by atoms with Gasteiger partial charge in [-0.1, -0.05) is 52.0 Å². The normalized spacial score (nSPS) is 18.1. The van der Waals surface area contributed by atoms with E-state index < -0.39 is 54.1 Å². The summed E-state index contributed by atoms with van der Waals surface area (Å²) in [5.41, 5.74) is -0.0534. The van der Waals surface area contributed by atoms with Gasteiger partial charge in [0.1, 0.15) is 23.7 Å². The van der Waals surface area contributed by atoms with E-state index in [-0.39, 0.29) is 41.4 Å². The van der Waals surface area contributed by atoms with Crippen LogP contribution in [0.1, 0.15) is 82.8 Å². The Hall–Kier alpha value is -6.01. The van der Waals surface area contributed by atoms with Crippen molar-refractivity contribution in [2.24, 2.45) is 11.8 Å². The summed E-state index contributed by atoms with van der Waals surface area (Å²) in [4.78, 5) is 75.7. The molecule has 2 fully saturated rings. The lowest BCUT2D eigenvalue weighted by Gasteiger charge is -2.34. The highest BCUT2D eigenvalue weighted by atomic mass is 19.4. The zero-order chi connectivity index (χ0) is 42.1. The highest BCUT2D eigenvalue weighted by Crippen LogP contribution is 2.40. The largest absolute Gasteiger partial charge is 0.465 e. The summed E-state index contributed by atoms with van der Waals surface area (Å²) in [6, 6.07) is 3.26. The highest BCUT2D eigenvalue weighted by molar-refractivity contribution is 5.87. The number of amides is 4. The van der Waals surface area contributed by atoms with Crippen LogP contribution in [0.5, 0.6) is 0 Å². The fourth-order valence-corrected chi connectivity index (χ4v) is 7.80. The van der Waals surface area contributed by atoms with E-state index in [0.29, 0.717) is 55.1 Å². The van der Waals surface area contributed by atoms with E-state index in [4.69, 9.17) is 0 Å². The maximum atomic E-state index is 14.4. The topological polar surface area (TPSA) is 192 Å². The number of alkyl halides is 3. The number of hydrogen-bond donors (Lipinski definition) is 3. The molecule has 2 aliphatic rings. The molecular formula is C39H47F3N10O6. The van der Waals surface area contributed by atoms with Crippen molar-refractivity contribution in [3.8, 4) is 28.3 Å². The third-order valence-corrected chi connectivity index (χ3v) is 10.7. The van der Waals surface area contributed by atoms with Crippen LogP contribution >= 0.6 is 0 Å². The number of imidazole rings is 2. The van der Waals surface area contributed by atoms with Gasteiger partial charge in [-0.2, -0.15) is 13.2 Å². The second kappa shape index (κ2) is 16.8. The molecule has 1 aromatic carbocycles. The van der Waals surface area contributed by atoms with E-state index in [2.05, 4.69) is 35.0 Å². The summed E-state index contributed by atoms with van der Waals surface area (Å²) in [5.74, 6) is -0.414. The average Bonchev–Trinajstić information content (AvgIpc) is 4.02. The quantitative estimate of drug-likeness (QED) is 0.160. The maximum absolute atomic E-state index is 14.4. The van der Waals surface area contributed by atoms with Crippen molar-refractivity contribution in [2.45, 2.75) is 83.7 Å². The van der Waals surface area contributed by atoms with Gasteiger partial charge in [-0.3, -0.25) is 19.1 Å². The Morgan fingerprint density at radius 2 is 1.52 bits per heavy atom. The summed E-state index contributed by atoms with van der Waals surface area (Å²) < 4.78 is 49.7. The van der Waals surface area contributed by atoms with Gasteiger partial charge in [0.15, 0.2) is 11.5 Å². The first-order valence-corrected chi connectivity index (χ1v) is 19.1. The first-order valence-electron chi connectivity index (χ1n) is 19.1. The van der Waals surface area contributed by atoms with E-state index in [1.165, 1.54) is 31.2 Å². The van der Waals surface area contributed by atoms with Crippen LogP contribution in [0, 0.1) is 11.8 Å². The number of likely N-dealkylation sites (tertiary alicyclic amines) is 2. The van der Waals surface area contributed by atoms with Gasteiger partial charge in [0.2, 0.25) is 11.8 Å². The number of aromatic nitrogens is 6. The summed E-state index contributed by atoms with van der Waals surface area (Å²) in [6.45, 7) is 7.85. The Balaban J connectivity index is 1.22. The van der Waals surface area contributed by atoms with Gasteiger partial charge >= 0.3 is 18.4 Å². The molecule has 0 saturated carbocycles. The smallest absolute Gasteiger partial charge is 0.435 e. The van der Waals surface area contributed by atoms with Crippen molar-refractivity contribution in [1.82, 2.24) is 49.5 Å². The van der Waals surface area contributed by atoms with E-state index >= 15 is 0 Å². The van der Waals surface area contributed by atoms with Gasteiger partial charge in [0.25, 0.3) is 0 Å². The molecule has 6 rings (SSSR count). The van der Waals surface area contributed by atoms with Gasteiger partial charge in [-0.05, 0) is 37.5 Å². The molecule has 58 heavy (non-hydrogen) atoms. The first kappa shape index (κ1) is 41.6. The number of H-pyrrole nitrogens is 1. The summed E-state index contributed by atoms with van der Waals surface area (Å²) in [5, 5.41) is 12.2. The summed E-state index contributed by atoms with van der Waals surface area (Å²) in [6.07, 6.45) is 1.99. The van der Waals surface area contributed by atoms with E-state index in [0.717, 1.165) is 4.90 Å². The Labute approximate surface area is 332 Å². The minimum atomic E-state index is -4.80. The molecular weight excluding hydrogens is 761 g/mol. The van der Waals surface area contributed by atoms with Crippen LogP contribution in [-0.4, -0.2) is 113 Å². The zero-order valence-corrected chi connectivity index (χ0v) is 33.0. The minimum absolute atomic E-state index is 0.00644. The number of alkyl carbamates (subject to hydrolysis) is 1. The van der Waals surface area contributed by atoms with Crippen molar-refractivity contribution < 1.29 is 42.2 Å². The third-order valence-electron chi connectivity index (χ3n) is 10.7. The van der Waals surface area contributed by atoms with Crippen LogP contribution in [0.3, 0.4) is 0 Å². The Bertz CT molecular complexity index is 2120. The SMILES string of the molecule is COC(=O)N[C@H](C(=O)N1CCC[C@H]1c1nc(C(F)(F)F)c(-c2ccc(-c3ncc(-n4ccnc4[C@@H]4CCCN4C(=O)[C@H](C(C)C)N(C)C(=O)O)cn3)cc2)[nH]1)C(C)C. The lowest BCUT2D eigenvalue weighted by Crippen LogP contribution is -2.51. The van der Waals surface area contributed by atoms with Crippen molar-refractivity contribution in [3.05, 3.63) is 66.4 Å². The standard InChI is InChI=1S/C39H47F3N10O6/c1-21(2)28(47-37(55)58-6)35(53)51-16-7-9-26(51)33-46-29(31(48-33)39(40,41)42)23-11-13-24(14-12-23)32-44-19-25(20-45-32)50-18-15-43-34(50)27-10-8-17-52(27)36(54)30(22(3)4)49(5)38(56)57/h11-15,18-22,26-28,30H,7-10,16-17H2,1-6H3,(H,46,48)(H,47,55)(H,56,57)/t26-,27-,28-,30-/m0/s1. The molecule has 4 atom stereocenters. The van der Waals surface area contributed by atoms with Crippen molar-refractivity contribution in [2.75, 3.05) is 27.2 Å². The molecule has 3 aromatic heterocycles. The average molecular weight is 809 g/mol. The van der Waals surface area contributed by atoms with Crippen LogP contribution in [0.25, 0.3) is 28.3 Å². The third kappa shape index (κ3) is 8.33. The molecule has 0 radical (unpaired) electrons. The highest BCUT2D eigenvalue weighted by Gasteiger charge is 2.43. The fourth-order valence-electron chi connectivity index (χ4n) is 7.80. The van der Waals surface area contributed by atoms with E-state index in [9.17, 15) is 37.5 Å². The number of methoxy groups -OCH3 is 1. The van der Waals surface area contributed by atoms with Crippen molar-refractivity contribution in [3.63, 3.8) is 0 Å².